The Morgan fingerprint density at radius 1 is 0.615 bits per heavy atom. The predicted molar refractivity (Wildman–Crippen MR) is 188 cm³/mol. The molecule has 0 amide bonds. The summed E-state index contributed by atoms with van der Waals surface area (Å²) in [4.78, 5) is 24.5. The van der Waals surface area contributed by atoms with Crippen molar-refractivity contribution in [3.8, 4) is 0 Å². The zero-order valence-corrected chi connectivity index (χ0v) is 31.0. The maximum atomic E-state index is 12.6. The SMILES string of the molecule is CCCCCCCCC/C=C\CCCCCCCC(=O)OC(COC(=O)CC)COC1OC(COC2OC(CO)C(O)C(O)C2O)C(O)C(O)C1O. The average Bonchev–Trinajstić information content (AvgIpc) is 3.14. The molecule has 2 saturated heterocycles. The Labute approximate surface area is 308 Å². The van der Waals surface area contributed by atoms with Crippen LogP contribution in [0.25, 0.3) is 0 Å². The summed E-state index contributed by atoms with van der Waals surface area (Å²) < 4.78 is 32.6. The summed E-state index contributed by atoms with van der Waals surface area (Å²) >= 11 is 0. The average molecular weight is 751 g/mol. The van der Waals surface area contributed by atoms with Crippen LogP contribution in [0.3, 0.4) is 0 Å². The van der Waals surface area contributed by atoms with Gasteiger partial charge < -0.3 is 64.2 Å². The van der Waals surface area contributed by atoms with Gasteiger partial charge in [-0.25, -0.2) is 0 Å². The molecule has 304 valence electrons. The van der Waals surface area contributed by atoms with Crippen LogP contribution in [0, 0.1) is 0 Å². The quantitative estimate of drug-likeness (QED) is 0.0361. The third-order valence-electron chi connectivity index (χ3n) is 9.30. The molecule has 11 atom stereocenters. The highest BCUT2D eigenvalue weighted by atomic mass is 16.7. The molecule has 0 spiro atoms. The molecule has 0 aromatic carbocycles. The van der Waals surface area contributed by atoms with E-state index in [1.165, 1.54) is 44.9 Å². The van der Waals surface area contributed by atoms with Crippen molar-refractivity contribution in [2.24, 2.45) is 0 Å². The Kier molecular flexibility index (Phi) is 24.0. The Balaban J connectivity index is 1.75. The van der Waals surface area contributed by atoms with Crippen LogP contribution in [0.1, 0.15) is 117 Å². The van der Waals surface area contributed by atoms with E-state index in [9.17, 15) is 45.3 Å². The van der Waals surface area contributed by atoms with Gasteiger partial charge in [0.05, 0.1) is 19.8 Å². The van der Waals surface area contributed by atoms with Crippen LogP contribution in [-0.2, 0) is 38.0 Å². The van der Waals surface area contributed by atoms with Gasteiger partial charge in [-0.3, -0.25) is 9.59 Å². The molecule has 0 aromatic rings. The van der Waals surface area contributed by atoms with Gasteiger partial charge >= 0.3 is 11.9 Å². The normalized spacial score (nSPS) is 30.0. The Hall–Kier alpha value is -1.76. The summed E-state index contributed by atoms with van der Waals surface area (Å²) in [5, 5.41) is 71.0. The molecular weight excluding hydrogens is 684 g/mol. The lowest BCUT2D eigenvalue weighted by molar-refractivity contribution is -0.332. The number of hydrogen-bond donors (Lipinski definition) is 7. The van der Waals surface area contributed by atoms with Crippen LogP contribution in [0.4, 0.5) is 0 Å². The number of rotatable bonds is 27. The van der Waals surface area contributed by atoms with Gasteiger partial charge in [-0.05, 0) is 32.1 Å². The van der Waals surface area contributed by atoms with E-state index in [2.05, 4.69) is 19.1 Å². The predicted octanol–water partition coefficient (Wildman–Crippen LogP) is 1.92. The molecule has 15 nitrogen and oxygen atoms in total. The van der Waals surface area contributed by atoms with Crippen molar-refractivity contribution in [2.45, 2.75) is 184 Å². The molecule has 0 bridgehead atoms. The van der Waals surface area contributed by atoms with Gasteiger partial charge in [-0.1, -0.05) is 83.8 Å². The van der Waals surface area contributed by atoms with Gasteiger partial charge in [0.15, 0.2) is 18.7 Å². The minimum Gasteiger partial charge on any atom is -0.462 e. The van der Waals surface area contributed by atoms with Crippen molar-refractivity contribution >= 4 is 11.9 Å². The van der Waals surface area contributed by atoms with Gasteiger partial charge in [-0.2, -0.15) is 0 Å². The van der Waals surface area contributed by atoms with E-state index < -0.39 is 92.7 Å². The summed E-state index contributed by atoms with van der Waals surface area (Å²) in [5.74, 6) is -1.03. The van der Waals surface area contributed by atoms with E-state index in [1.54, 1.807) is 6.92 Å². The van der Waals surface area contributed by atoms with Crippen LogP contribution < -0.4 is 0 Å². The van der Waals surface area contributed by atoms with Crippen LogP contribution in [0.15, 0.2) is 12.2 Å². The van der Waals surface area contributed by atoms with Crippen molar-refractivity contribution in [2.75, 3.05) is 26.4 Å². The van der Waals surface area contributed by atoms with Crippen LogP contribution in [-0.4, -0.2) is 142 Å². The number of ether oxygens (including phenoxy) is 6. The van der Waals surface area contributed by atoms with E-state index >= 15 is 0 Å². The molecular formula is C37H66O15. The Morgan fingerprint density at radius 3 is 1.71 bits per heavy atom. The van der Waals surface area contributed by atoms with E-state index in [0.29, 0.717) is 6.42 Å². The number of esters is 2. The lowest BCUT2D eigenvalue weighted by atomic mass is 9.98. The Morgan fingerprint density at radius 2 is 1.13 bits per heavy atom. The first kappa shape index (κ1) is 46.4. The second-order valence-electron chi connectivity index (χ2n) is 13.7. The van der Waals surface area contributed by atoms with Gasteiger partial charge in [0.2, 0.25) is 0 Å². The topological polar surface area (TPSA) is 231 Å². The fourth-order valence-corrected chi connectivity index (χ4v) is 5.95. The number of carbonyl (C=O) groups is 2. The van der Waals surface area contributed by atoms with Gasteiger partial charge in [0.25, 0.3) is 0 Å². The number of unbranched alkanes of at least 4 members (excludes halogenated alkanes) is 12. The fourth-order valence-electron chi connectivity index (χ4n) is 5.95. The number of allylic oxidation sites excluding steroid dienone is 2. The highest BCUT2D eigenvalue weighted by molar-refractivity contribution is 5.70. The summed E-state index contributed by atoms with van der Waals surface area (Å²) in [6.07, 6.45) is 3.99. The number of aliphatic hydroxyl groups is 7. The first-order valence-corrected chi connectivity index (χ1v) is 19.3. The second-order valence-corrected chi connectivity index (χ2v) is 13.7. The van der Waals surface area contributed by atoms with E-state index in [1.807, 2.05) is 0 Å². The molecule has 2 fully saturated rings. The lowest BCUT2D eigenvalue weighted by Gasteiger charge is -2.42. The molecule has 2 aliphatic heterocycles. The first-order valence-electron chi connectivity index (χ1n) is 19.3. The number of carbonyl (C=O) groups excluding carboxylic acids is 2. The summed E-state index contributed by atoms with van der Waals surface area (Å²) in [6, 6.07) is 0. The molecule has 7 N–H and O–H groups in total. The maximum Gasteiger partial charge on any atom is 0.306 e. The third-order valence-corrected chi connectivity index (χ3v) is 9.30. The zero-order chi connectivity index (χ0) is 38.3. The molecule has 2 heterocycles. The Bertz CT molecular complexity index is 981. The fraction of sp³-hybridized carbons (Fsp3) is 0.892. The zero-order valence-electron chi connectivity index (χ0n) is 31.0. The van der Waals surface area contributed by atoms with Crippen LogP contribution >= 0.6 is 0 Å². The minimum atomic E-state index is -1.76. The van der Waals surface area contributed by atoms with Gasteiger partial charge in [-0.15, -0.1) is 0 Å². The summed E-state index contributed by atoms with van der Waals surface area (Å²) in [6.45, 7) is 1.93. The lowest BCUT2D eigenvalue weighted by Crippen LogP contribution is -2.61. The molecule has 0 aromatic heterocycles. The van der Waals surface area contributed by atoms with Gasteiger partial charge in [0, 0.05) is 12.8 Å². The van der Waals surface area contributed by atoms with Crippen molar-refractivity contribution in [3.05, 3.63) is 12.2 Å². The van der Waals surface area contributed by atoms with Crippen molar-refractivity contribution in [1.82, 2.24) is 0 Å². The smallest absolute Gasteiger partial charge is 0.306 e. The van der Waals surface area contributed by atoms with Crippen molar-refractivity contribution in [3.63, 3.8) is 0 Å². The molecule has 2 aliphatic rings. The highest BCUT2D eigenvalue weighted by Crippen LogP contribution is 2.26. The minimum absolute atomic E-state index is 0.0984. The van der Waals surface area contributed by atoms with E-state index in [-0.39, 0.29) is 26.1 Å². The number of hydrogen-bond acceptors (Lipinski definition) is 15. The van der Waals surface area contributed by atoms with Gasteiger partial charge in [0.1, 0.15) is 55.4 Å². The largest absolute Gasteiger partial charge is 0.462 e. The molecule has 2 rings (SSSR count). The van der Waals surface area contributed by atoms with Crippen LogP contribution in [0.5, 0.6) is 0 Å². The molecule has 0 saturated carbocycles. The third kappa shape index (κ3) is 17.1. The molecule has 0 aliphatic carbocycles. The number of aliphatic hydroxyl groups excluding tert-OH is 7. The summed E-state index contributed by atoms with van der Waals surface area (Å²) in [7, 11) is 0. The second kappa shape index (κ2) is 26.9. The maximum absolute atomic E-state index is 12.6. The van der Waals surface area contributed by atoms with Crippen molar-refractivity contribution < 1.29 is 73.8 Å². The monoisotopic (exact) mass is 750 g/mol. The highest BCUT2D eigenvalue weighted by Gasteiger charge is 2.47. The van der Waals surface area contributed by atoms with E-state index in [0.717, 1.165) is 38.5 Å². The molecule has 15 heteroatoms. The first-order chi connectivity index (χ1) is 25.0. The standard InChI is InChI=1S/C37H66O15/c1-3-5-6-7-8-9-10-11-12-13-14-15-16-17-18-19-20-29(40)50-25(22-47-28(39)4-2)23-48-36-35(46)33(44)31(42)27(52-36)24-49-37-34(45)32(43)30(41)26(21-38)51-37/h12-13,25-27,30-38,41-46H,3-11,14-24H2,1-2H3/b13-12-. The van der Waals surface area contributed by atoms with Crippen molar-refractivity contribution in [1.29, 1.82) is 0 Å². The van der Waals surface area contributed by atoms with Crippen LogP contribution in [0.2, 0.25) is 0 Å². The molecule has 52 heavy (non-hydrogen) atoms. The van der Waals surface area contributed by atoms with E-state index in [4.69, 9.17) is 28.4 Å². The molecule has 11 unspecified atom stereocenters. The summed E-state index contributed by atoms with van der Waals surface area (Å²) in [5.41, 5.74) is 0. The molecule has 0 radical (unpaired) electrons.